The van der Waals surface area contributed by atoms with Gasteiger partial charge in [-0.25, -0.2) is 5.01 Å². The maximum atomic E-state index is 14.0. The van der Waals surface area contributed by atoms with Crippen LogP contribution in [-0.2, 0) is 22.4 Å². The Morgan fingerprint density at radius 1 is 0.919 bits per heavy atom. The summed E-state index contributed by atoms with van der Waals surface area (Å²) in [6.45, 7) is 3.42. The highest BCUT2D eigenvalue weighted by Gasteiger charge is 2.46. The lowest BCUT2D eigenvalue weighted by Gasteiger charge is -2.41. The SMILES string of the molecule is CN[C@H](Cc1ccc2ccccc2c1)C(=O)C(C)(N)[C@H](Cc1ccccc1)C(=O)N(C)N1CCCCC1. The minimum Gasteiger partial charge on any atom is -0.318 e. The average molecular weight is 501 g/mol. The Bertz CT molecular complexity index is 1200. The quantitative estimate of drug-likeness (QED) is 0.440. The van der Waals surface area contributed by atoms with Gasteiger partial charge in [0.15, 0.2) is 5.78 Å². The molecule has 3 N–H and O–H groups in total. The predicted octanol–water partition coefficient (Wildman–Crippen LogP) is 3.98. The zero-order chi connectivity index (χ0) is 26.4. The zero-order valence-corrected chi connectivity index (χ0v) is 22.3. The standard InChI is InChI=1S/C31H40N4O2/c1-31(32,29(36)28(33-2)22-24-16-17-25-14-8-9-15-26(25)20-24)27(21-23-12-6-4-7-13-23)30(37)34(3)35-18-10-5-11-19-35/h4,6-9,12-17,20,27-28,33H,5,10-11,18-19,21-22,32H2,1-3H3/t27-,28-,31?/m1/s1. The molecule has 1 aliphatic heterocycles. The molecule has 0 spiro atoms. The zero-order valence-electron chi connectivity index (χ0n) is 22.3. The lowest BCUT2D eigenvalue weighted by molar-refractivity contribution is -0.156. The summed E-state index contributed by atoms with van der Waals surface area (Å²) in [5.41, 5.74) is 7.57. The second kappa shape index (κ2) is 12.0. The summed E-state index contributed by atoms with van der Waals surface area (Å²) < 4.78 is 0. The van der Waals surface area contributed by atoms with Crippen molar-refractivity contribution in [1.29, 1.82) is 0 Å². The summed E-state index contributed by atoms with van der Waals surface area (Å²) in [6, 6.07) is 23.8. The van der Waals surface area contributed by atoms with Crippen LogP contribution in [0.15, 0.2) is 72.8 Å². The van der Waals surface area contributed by atoms with Crippen molar-refractivity contribution >= 4 is 22.5 Å². The first-order valence-corrected chi connectivity index (χ1v) is 13.4. The molecule has 37 heavy (non-hydrogen) atoms. The van der Waals surface area contributed by atoms with Crippen LogP contribution < -0.4 is 11.1 Å². The number of hydrogen-bond acceptors (Lipinski definition) is 5. The Labute approximate surface area is 220 Å². The normalized spacial score (nSPS) is 17.6. The number of nitrogens with two attached hydrogens (primary N) is 1. The summed E-state index contributed by atoms with van der Waals surface area (Å²) in [6.07, 6.45) is 4.21. The fraction of sp³-hybridized carbons (Fsp3) is 0.419. The Hall–Kier alpha value is -3.06. The number of hydrazine groups is 1. The van der Waals surface area contributed by atoms with Crippen LogP contribution in [0.3, 0.4) is 0 Å². The van der Waals surface area contributed by atoms with Gasteiger partial charge in [-0.2, -0.15) is 0 Å². The Morgan fingerprint density at radius 2 is 1.57 bits per heavy atom. The van der Waals surface area contributed by atoms with Crippen LogP contribution >= 0.6 is 0 Å². The number of carbonyl (C=O) groups excluding carboxylic acids is 2. The maximum absolute atomic E-state index is 14.0. The third-order valence-corrected chi connectivity index (χ3v) is 7.83. The minimum atomic E-state index is -1.36. The second-order valence-electron chi connectivity index (χ2n) is 10.5. The summed E-state index contributed by atoms with van der Waals surface area (Å²) in [7, 11) is 3.60. The topological polar surface area (TPSA) is 78.7 Å². The van der Waals surface area contributed by atoms with E-state index in [2.05, 4.69) is 40.7 Å². The average Bonchev–Trinajstić information content (AvgIpc) is 2.94. The number of hydrogen-bond donors (Lipinski definition) is 2. The van der Waals surface area contributed by atoms with E-state index >= 15 is 0 Å². The van der Waals surface area contributed by atoms with E-state index in [-0.39, 0.29) is 11.7 Å². The number of fused-ring (bicyclic) bond motifs is 1. The number of nitrogens with one attached hydrogen (secondary N) is 1. The number of nitrogens with zero attached hydrogens (tertiary/aromatic N) is 2. The van der Waals surface area contributed by atoms with Crippen LogP contribution in [0.4, 0.5) is 0 Å². The molecule has 196 valence electrons. The van der Waals surface area contributed by atoms with Crippen LogP contribution in [0.25, 0.3) is 10.8 Å². The fourth-order valence-corrected chi connectivity index (χ4v) is 5.42. The molecule has 6 nitrogen and oxygen atoms in total. The van der Waals surface area contributed by atoms with E-state index in [9.17, 15) is 9.59 Å². The molecule has 0 aromatic heterocycles. The molecule has 3 atom stereocenters. The Morgan fingerprint density at radius 3 is 2.24 bits per heavy atom. The fourth-order valence-electron chi connectivity index (χ4n) is 5.42. The van der Waals surface area contributed by atoms with Crippen molar-refractivity contribution in [2.75, 3.05) is 27.2 Å². The molecule has 1 unspecified atom stereocenters. The van der Waals surface area contributed by atoms with Crippen LogP contribution in [0.2, 0.25) is 0 Å². The van der Waals surface area contributed by atoms with E-state index in [0.717, 1.165) is 47.8 Å². The molecule has 6 heteroatoms. The molecular weight excluding hydrogens is 460 g/mol. The highest BCUT2D eigenvalue weighted by molar-refractivity contribution is 5.98. The minimum absolute atomic E-state index is 0.107. The highest BCUT2D eigenvalue weighted by Crippen LogP contribution is 2.27. The van der Waals surface area contributed by atoms with E-state index in [1.807, 2.05) is 49.5 Å². The van der Waals surface area contributed by atoms with E-state index < -0.39 is 17.5 Å². The predicted molar refractivity (Wildman–Crippen MR) is 150 cm³/mol. The van der Waals surface area contributed by atoms with E-state index in [1.165, 1.54) is 6.42 Å². The highest BCUT2D eigenvalue weighted by atomic mass is 16.2. The molecular formula is C31H40N4O2. The number of amides is 1. The third kappa shape index (κ3) is 6.27. The monoisotopic (exact) mass is 500 g/mol. The van der Waals surface area contributed by atoms with Gasteiger partial charge in [0.2, 0.25) is 5.91 Å². The molecule has 1 heterocycles. The number of ketones is 1. The van der Waals surface area contributed by atoms with Crippen LogP contribution in [0.1, 0.15) is 37.3 Å². The van der Waals surface area contributed by atoms with E-state index in [4.69, 9.17) is 5.73 Å². The number of Topliss-reactive ketones (excluding diaryl/α,β-unsaturated/α-hetero) is 1. The van der Waals surface area contributed by atoms with E-state index in [1.54, 1.807) is 19.0 Å². The number of piperidine rings is 1. The molecule has 1 fully saturated rings. The lowest BCUT2D eigenvalue weighted by atomic mass is 9.75. The number of likely N-dealkylation sites (N-methyl/N-ethyl adjacent to an activating group) is 1. The first-order chi connectivity index (χ1) is 17.8. The summed E-state index contributed by atoms with van der Waals surface area (Å²) in [5.74, 6) is -0.948. The summed E-state index contributed by atoms with van der Waals surface area (Å²) in [5, 5.41) is 9.29. The van der Waals surface area contributed by atoms with Gasteiger partial charge in [0.25, 0.3) is 0 Å². The largest absolute Gasteiger partial charge is 0.318 e. The van der Waals surface area contributed by atoms with Crippen molar-refractivity contribution in [2.45, 2.75) is 50.6 Å². The van der Waals surface area contributed by atoms with Gasteiger partial charge < -0.3 is 11.1 Å². The van der Waals surface area contributed by atoms with Crippen LogP contribution in [-0.4, -0.2) is 60.5 Å². The van der Waals surface area contributed by atoms with Crippen molar-refractivity contribution in [3.63, 3.8) is 0 Å². The molecule has 0 radical (unpaired) electrons. The first kappa shape index (κ1) is 27.0. The molecule has 0 aliphatic carbocycles. The van der Waals surface area contributed by atoms with E-state index in [0.29, 0.717) is 12.8 Å². The molecule has 1 amide bonds. The van der Waals surface area contributed by atoms with Gasteiger partial charge in [0.05, 0.1) is 17.5 Å². The molecule has 0 bridgehead atoms. The molecule has 3 aromatic carbocycles. The van der Waals surface area contributed by atoms with Crippen LogP contribution in [0.5, 0.6) is 0 Å². The maximum Gasteiger partial charge on any atom is 0.242 e. The van der Waals surface area contributed by atoms with Crippen molar-refractivity contribution in [3.05, 3.63) is 83.9 Å². The van der Waals surface area contributed by atoms with Crippen LogP contribution in [0, 0.1) is 5.92 Å². The van der Waals surface area contributed by atoms with Gasteiger partial charge in [0.1, 0.15) is 0 Å². The van der Waals surface area contributed by atoms with Crippen molar-refractivity contribution in [2.24, 2.45) is 11.7 Å². The molecule has 0 saturated carbocycles. The van der Waals surface area contributed by atoms with Gasteiger partial charge >= 0.3 is 0 Å². The molecule has 1 saturated heterocycles. The number of rotatable bonds is 10. The Kier molecular flexibility index (Phi) is 8.75. The third-order valence-electron chi connectivity index (χ3n) is 7.83. The lowest BCUT2D eigenvalue weighted by Crippen LogP contribution is -2.63. The Balaban J connectivity index is 1.60. The van der Waals surface area contributed by atoms with Crippen molar-refractivity contribution in [1.82, 2.24) is 15.3 Å². The number of carbonyl (C=O) groups is 2. The van der Waals surface area contributed by atoms with Gasteiger partial charge in [-0.15, -0.1) is 0 Å². The summed E-state index contributed by atoms with van der Waals surface area (Å²) >= 11 is 0. The van der Waals surface area contributed by atoms with Gasteiger partial charge in [-0.05, 0) is 61.6 Å². The van der Waals surface area contributed by atoms with Gasteiger partial charge in [-0.3, -0.25) is 14.6 Å². The molecule has 1 aliphatic rings. The van der Waals surface area contributed by atoms with Crippen molar-refractivity contribution < 1.29 is 9.59 Å². The van der Waals surface area contributed by atoms with Gasteiger partial charge in [-0.1, -0.05) is 79.2 Å². The summed E-state index contributed by atoms with van der Waals surface area (Å²) in [4.78, 5) is 28.0. The molecule has 3 aromatic rings. The van der Waals surface area contributed by atoms with Crippen molar-refractivity contribution in [3.8, 4) is 0 Å². The smallest absolute Gasteiger partial charge is 0.242 e. The molecule has 4 rings (SSSR count). The van der Waals surface area contributed by atoms with Gasteiger partial charge in [0, 0.05) is 20.1 Å². The second-order valence-corrected chi connectivity index (χ2v) is 10.5. The first-order valence-electron chi connectivity index (χ1n) is 13.4. The number of benzene rings is 3.